The minimum atomic E-state index is -4.10. The first-order valence-electron chi connectivity index (χ1n) is 8.42. The van der Waals surface area contributed by atoms with E-state index in [2.05, 4.69) is 15.0 Å². The third-order valence-electron chi connectivity index (χ3n) is 4.17. The quantitative estimate of drug-likeness (QED) is 0.539. The number of hydrogen-bond acceptors (Lipinski definition) is 5. The first-order valence-corrected chi connectivity index (χ1v) is 9.90. The van der Waals surface area contributed by atoms with Gasteiger partial charge in [-0.15, -0.1) is 0 Å². The monoisotopic (exact) mass is 400 g/mol. The molecule has 1 aromatic heterocycles. The largest absolute Gasteiger partial charge is 0.548 e. The molecule has 28 heavy (non-hydrogen) atoms. The number of aliphatic carboxylic acids is 1. The first-order chi connectivity index (χ1) is 13.3. The van der Waals surface area contributed by atoms with E-state index in [1.165, 1.54) is 31.2 Å². The van der Waals surface area contributed by atoms with Crippen LogP contribution >= 0.6 is 0 Å². The molecule has 0 unspecified atom stereocenters. The normalized spacial score (nSPS) is 12.6. The predicted molar refractivity (Wildman–Crippen MR) is 102 cm³/mol. The van der Waals surface area contributed by atoms with Gasteiger partial charge in [-0.2, -0.15) is 0 Å². The van der Waals surface area contributed by atoms with Crippen molar-refractivity contribution >= 4 is 38.5 Å². The van der Waals surface area contributed by atoms with Gasteiger partial charge in [-0.05, 0) is 42.3 Å². The van der Waals surface area contributed by atoms with Crippen LogP contribution in [0.4, 0.5) is 5.69 Å². The van der Waals surface area contributed by atoms with Gasteiger partial charge in [0, 0.05) is 29.7 Å². The Morgan fingerprint density at radius 3 is 2.43 bits per heavy atom. The molecule has 0 saturated carbocycles. The number of benzene rings is 2. The van der Waals surface area contributed by atoms with Crippen LogP contribution < -0.4 is 15.1 Å². The number of para-hydroxylation sites is 1. The van der Waals surface area contributed by atoms with Crippen molar-refractivity contribution in [3.8, 4) is 0 Å². The van der Waals surface area contributed by atoms with E-state index in [1.807, 2.05) is 24.3 Å². The molecule has 3 aromatic rings. The lowest BCUT2D eigenvalue weighted by Crippen LogP contribution is -2.49. The number of hydrogen-bond donors (Lipinski definition) is 3. The Morgan fingerprint density at radius 2 is 1.79 bits per heavy atom. The van der Waals surface area contributed by atoms with E-state index < -0.39 is 22.0 Å². The Bertz CT molecular complexity index is 1120. The van der Waals surface area contributed by atoms with Gasteiger partial charge in [0.25, 0.3) is 0 Å². The smallest absolute Gasteiger partial charge is 0.241 e. The Hall–Kier alpha value is -3.17. The summed E-state index contributed by atoms with van der Waals surface area (Å²) in [5.41, 5.74) is 1.92. The maximum atomic E-state index is 12.6. The second kappa shape index (κ2) is 7.83. The average molecular weight is 400 g/mol. The van der Waals surface area contributed by atoms with Crippen LogP contribution in [0, 0.1) is 0 Å². The summed E-state index contributed by atoms with van der Waals surface area (Å²) in [5.74, 6) is -1.81. The summed E-state index contributed by atoms with van der Waals surface area (Å²) in [6, 6.07) is 11.3. The van der Waals surface area contributed by atoms with E-state index in [1.54, 1.807) is 6.20 Å². The fraction of sp³-hybridized carbons (Fsp3) is 0.158. The van der Waals surface area contributed by atoms with Crippen molar-refractivity contribution in [3.05, 3.63) is 60.3 Å². The van der Waals surface area contributed by atoms with Crippen molar-refractivity contribution in [2.75, 3.05) is 5.32 Å². The molecule has 2 aromatic carbocycles. The second-order valence-electron chi connectivity index (χ2n) is 6.26. The van der Waals surface area contributed by atoms with Gasteiger partial charge in [-0.25, -0.2) is 13.1 Å². The molecular weight excluding hydrogens is 382 g/mol. The van der Waals surface area contributed by atoms with Crippen molar-refractivity contribution in [2.24, 2.45) is 0 Å². The van der Waals surface area contributed by atoms with Crippen LogP contribution in [0.1, 0.15) is 12.5 Å². The number of aromatic nitrogens is 1. The van der Waals surface area contributed by atoms with E-state index >= 15 is 0 Å². The number of carboxylic acid groups (broad SMARTS) is 1. The molecule has 146 valence electrons. The van der Waals surface area contributed by atoms with Gasteiger partial charge in [0.05, 0.1) is 16.9 Å². The minimum absolute atomic E-state index is 0.0739. The zero-order valence-electron chi connectivity index (χ0n) is 14.9. The number of carboxylic acids is 1. The number of nitrogens with one attached hydrogen (secondary N) is 3. The summed E-state index contributed by atoms with van der Waals surface area (Å²) in [6.45, 7) is 1.33. The SMILES string of the molecule is CC(=O)Nc1ccc(S(=O)(=O)N[C@H](Cc2c[nH]c3ccccc23)C(=O)[O-])cc1. The number of amides is 1. The predicted octanol–water partition coefficient (Wildman–Crippen LogP) is 0.766. The molecule has 1 amide bonds. The highest BCUT2D eigenvalue weighted by Crippen LogP contribution is 2.20. The Kier molecular flexibility index (Phi) is 5.48. The molecule has 0 bridgehead atoms. The summed E-state index contributed by atoms with van der Waals surface area (Å²) in [4.78, 5) is 25.5. The molecule has 0 aliphatic heterocycles. The van der Waals surface area contributed by atoms with E-state index in [0.717, 1.165) is 10.9 Å². The molecule has 0 radical (unpaired) electrons. The van der Waals surface area contributed by atoms with Gasteiger partial charge in [-0.1, -0.05) is 18.2 Å². The highest BCUT2D eigenvalue weighted by molar-refractivity contribution is 7.89. The van der Waals surface area contributed by atoms with Crippen LogP contribution in [0.2, 0.25) is 0 Å². The molecule has 3 rings (SSSR count). The number of sulfonamides is 1. The number of anilines is 1. The second-order valence-corrected chi connectivity index (χ2v) is 7.98. The fourth-order valence-electron chi connectivity index (χ4n) is 2.87. The Balaban J connectivity index is 1.81. The van der Waals surface area contributed by atoms with Crippen molar-refractivity contribution in [1.82, 2.24) is 9.71 Å². The molecule has 0 aliphatic rings. The average Bonchev–Trinajstić information content (AvgIpc) is 3.04. The zero-order valence-corrected chi connectivity index (χ0v) is 15.7. The Morgan fingerprint density at radius 1 is 1.11 bits per heavy atom. The number of aromatic amines is 1. The number of rotatable bonds is 7. The van der Waals surface area contributed by atoms with Crippen LogP contribution in [-0.4, -0.2) is 31.3 Å². The van der Waals surface area contributed by atoms with Gasteiger partial charge < -0.3 is 20.2 Å². The number of carbonyl (C=O) groups excluding carboxylic acids is 2. The van der Waals surface area contributed by atoms with E-state index in [0.29, 0.717) is 11.3 Å². The molecule has 8 nitrogen and oxygen atoms in total. The third kappa shape index (κ3) is 4.38. The standard InChI is InChI=1S/C19H19N3O5S/c1-12(23)21-14-6-8-15(9-7-14)28(26,27)22-18(19(24)25)10-13-11-20-17-5-3-2-4-16(13)17/h2-9,11,18,20,22H,10H2,1H3,(H,21,23)(H,24,25)/p-1/t18-/m1/s1. The van der Waals surface area contributed by atoms with Crippen LogP contribution in [0.5, 0.6) is 0 Å². The molecule has 1 atom stereocenters. The molecular formula is C19H18N3O5S-. The molecule has 0 saturated heterocycles. The van der Waals surface area contributed by atoms with Gasteiger partial charge >= 0.3 is 0 Å². The highest BCUT2D eigenvalue weighted by Gasteiger charge is 2.22. The molecule has 0 aliphatic carbocycles. The lowest BCUT2D eigenvalue weighted by Gasteiger charge is -2.19. The van der Waals surface area contributed by atoms with Crippen molar-refractivity contribution in [3.63, 3.8) is 0 Å². The summed E-state index contributed by atoms with van der Waals surface area (Å²) in [7, 11) is -4.10. The van der Waals surface area contributed by atoms with E-state index in [-0.39, 0.29) is 17.2 Å². The fourth-order valence-corrected chi connectivity index (χ4v) is 4.05. The third-order valence-corrected chi connectivity index (χ3v) is 5.65. The summed E-state index contributed by atoms with van der Waals surface area (Å²) >= 11 is 0. The number of fused-ring (bicyclic) bond motifs is 1. The molecule has 0 spiro atoms. The zero-order chi connectivity index (χ0) is 20.3. The summed E-state index contributed by atoms with van der Waals surface area (Å²) in [6.07, 6.45) is 1.58. The van der Waals surface area contributed by atoms with Crippen LogP contribution in [-0.2, 0) is 26.0 Å². The van der Waals surface area contributed by atoms with E-state index in [9.17, 15) is 23.1 Å². The van der Waals surface area contributed by atoms with Gasteiger partial charge in [0.1, 0.15) is 0 Å². The lowest BCUT2D eigenvalue weighted by molar-refractivity contribution is -0.307. The van der Waals surface area contributed by atoms with Crippen LogP contribution in [0.25, 0.3) is 10.9 Å². The summed E-state index contributed by atoms with van der Waals surface area (Å²) in [5, 5.41) is 14.9. The number of H-pyrrole nitrogens is 1. The molecule has 0 fully saturated rings. The van der Waals surface area contributed by atoms with Crippen molar-refractivity contribution < 1.29 is 23.1 Å². The highest BCUT2D eigenvalue weighted by atomic mass is 32.2. The van der Waals surface area contributed by atoms with Crippen molar-refractivity contribution in [1.29, 1.82) is 0 Å². The molecule has 9 heteroatoms. The number of carbonyl (C=O) groups is 2. The Labute approximate surface area is 161 Å². The van der Waals surface area contributed by atoms with Gasteiger partial charge in [0.15, 0.2) is 0 Å². The molecule has 3 N–H and O–H groups in total. The lowest BCUT2D eigenvalue weighted by atomic mass is 10.1. The van der Waals surface area contributed by atoms with Crippen LogP contribution in [0.15, 0.2) is 59.6 Å². The van der Waals surface area contributed by atoms with Gasteiger partial charge in [0.2, 0.25) is 15.9 Å². The van der Waals surface area contributed by atoms with E-state index in [4.69, 9.17) is 0 Å². The first kappa shape index (κ1) is 19.6. The van der Waals surface area contributed by atoms with Gasteiger partial charge in [-0.3, -0.25) is 4.79 Å². The topological polar surface area (TPSA) is 131 Å². The molecule has 1 heterocycles. The van der Waals surface area contributed by atoms with Crippen molar-refractivity contribution in [2.45, 2.75) is 24.3 Å². The van der Waals surface area contributed by atoms with Crippen LogP contribution in [0.3, 0.4) is 0 Å². The maximum absolute atomic E-state index is 12.6. The summed E-state index contributed by atoms with van der Waals surface area (Å²) < 4.78 is 27.3. The minimum Gasteiger partial charge on any atom is -0.548 e. The maximum Gasteiger partial charge on any atom is 0.241 e.